The van der Waals surface area contributed by atoms with Crippen molar-refractivity contribution >= 4 is 21.4 Å². The molecule has 0 saturated carbocycles. The van der Waals surface area contributed by atoms with Gasteiger partial charge in [-0.05, 0) is 43.4 Å². The van der Waals surface area contributed by atoms with E-state index in [1.54, 1.807) is 0 Å². The van der Waals surface area contributed by atoms with Crippen LogP contribution in [0.2, 0.25) is 5.02 Å². The number of likely N-dealkylation sites (N-methyl/N-ethyl adjacent to an activating group) is 1. The first-order valence-electron chi connectivity index (χ1n) is 6.56. The third kappa shape index (κ3) is 3.52. The molecule has 0 aromatic heterocycles. The Labute approximate surface area is 137 Å². The second kappa shape index (κ2) is 6.90. The average molecular weight is 364 g/mol. The summed E-state index contributed by atoms with van der Waals surface area (Å²) >= 11 is 5.71. The van der Waals surface area contributed by atoms with Crippen LogP contribution < -0.4 is 5.32 Å². The molecular weight excluding hydrogens is 351 g/mol. The topological polar surface area (TPSA) is 46.2 Å². The van der Waals surface area contributed by atoms with E-state index < -0.39 is 38.1 Å². The van der Waals surface area contributed by atoms with Gasteiger partial charge in [0.1, 0.15) is 11.1 Å². The smallest absolute Gasteiger partial charge is 0.186 e. The van der Waals surface area contributed by atoms with E-state index in [4.69, 9.17) is 11.6 Å². The van der Waals surface area contributed by atoms with Crippen molar-refractivity contribution in [1.29, 1.82) is 0 Å². The highest BCUT2D eigenvalue weighted by Crippen LogP contribution is 2.33. The molecule has 0 heterocycles. The van der Waals surface area contributed by atoms with Gasteiger partial charge in [-0.25, -0.2) is 21.6 Å². The van der Waals surface area contributed by atoms with Crippen molar-refractivity contribution < 1.29 is 21.6 Å². The van der Waals surface area contributed by atoms with E-state index in [0.717, 1.165) is 0 Å². The predicted molar refractivity (Wildman–Crippen MR) is 81.6 cm³/mol. The molecule has 1 atom stereocenters. The van der Waals surface area contributed by atoms with Gasteiger partial charge in [0.25, 0.3) is 0 Å². The molecule has 0 amide bonds. The molecule has 2 aromatic rings. The van der Waals surface area contributed by atoms with Gasteiger partial charge in [0.15, 0.2) is 21.5 Å². The van der Waals surface area contributed by atoms with Crippen LogP contribution in [0.25, 0.3) is 0 Å². The van der Waals surface area contributed by atoms with Gasteiger partial charge < -0.3 is 5.32 Å². The fourth-order valence-electron chi connectivity index (χ4n) is 2.18. The number of hydrogen-bond donors (Lipinski definition) is 1. The summed E-state index contributed by atoms with van der Waals surface area (Å²) in [7, 11) is -2.73. The Morgan fingerprint density at radius 2 is 1.61 bits per heavy atom. The minimum absolute atomic E-state index is 0.162. The molecule has 2 aromatic carbocycles. The van der Waals surface area contributed by atoms with Crippen molar-refractivity contribution in [3.63, 3.8) is 0 Å². The molecule has 3 nitrogen and oxygen atoms in total. The van der Waals surface area contributed by atoms with Gasteiger partial charge in [-0.1, -0.05) is 11.6 Å². The first kappa shape index (κ1) is 17.8. The van der Waals surface area contributed by atoms with Crippen molar-refractivity contribution in [2.45, 2.75) is 10.1 Å². The maximum Gasteiger partial charge on any atom is 0.186 e. The van der Waals surface area contributed by atoms with Crippen LogP contribution in [-0.4, -0.2) is 22.0 Å². The van der Waals surface area contributed by atoms with Gasteiger partial charge in [-0.2, -0.15) is 0 Å². The predicted octanol–water partition coefficient (Wildman–Crippen LogP) is 3.49. The summed E-state index contributed by atoms with van der Waals surface area (Å²) in [5.41, 5.74) is -0.825. The maximum atomic E-state index is 14.0. The molecule has 2 rings (SSSR count). The molecule has 1 N–H and O–H groups in total. The fourth-order valence-corrected chi connectivity index (χ4v) is 4.06. The molecule has 0 bridgehead atoms. The zero-order chi connectivity index (χ0) is 17.2. The molecule has 0 aliphatic carbocycles. The summed E-state index contributed by atoms with van der Waals surface area (Å²) in [6.45, 7) is -0.289. The highest BCUT2D eigenvalue weighted by molar-refractivity contribution is 7.91. The number of sulfone groups is 1. The van der Waals surface area contributed by atoms with E-state index in [2.05, 4.69) is 5.32 Å². The van der Waals surface area contributed by atoms with Gasteiger partial charge in [-0.3, -0.25) is 0 Å². The van der Waals surface area contributed by atoms with E-state index in [0.29, 0.717) is 17.2 Å². The van der Waals surface area contributed by atoms with Gasteiger partial charge in [-0.15, -0.1) is 0 Å². The zero-order valence-corrected chi connectivity index (χ0v) is 13.6. The number of hydrogen-bond acceptors (Lipinski definition) is 3. The first-order valence-corrected chi connectivity index (χ1v) is 8.49. The maximum absolute atomic E-state index is 14.0. The molecule has 0 aliphatic rings. The Morgan fingerprint density at radius 1 is 1.04 bits per heavy atom. The minimum Gasteiger partial charge on any atom is -0.318 e. The average Bonchev–Trinajstić information content (AvgIpc) is 2.51. The molecule has 124 valence electrons. The van der Waals surface area contributed by atoms with Gasteiger partial charge in [0.05, 0.1) is 4.90 Å². The van der Waals surface area contributed by atoms with Gasteiger partial charge in [0, 0.05) is 17.1 Å². The molecule has 8 heteroatoms. The van der Waals surface area contributed by atoms with Crippen LogP contribution in [0.4, 0.5) is 13.2 Å². The van der Waals surface area contributed by atoms with Crippen molar-refractivity contribution in [1.82, 2.24) is 5.32 Å². The van der Waals surface area contributed by atoms with Crippen molar-refractivity contribution in [2.24, 2.45) is 0 Å². The summed E-state index contributed by atoms with van der Waals surface area (Å²) in [6.07, 6.45) is 0. The van der Waals surface area contributed by atoms with Crippen LogP contribution in [0.1, 0.15) is 10.8 Å². The van der Waals surface area contributed by atoms with E-state index in [1.165, 1.54) is 31.3 Å². The van der Waals surface area contributed by atoms with Crippen LogP contribution in [0, 0.1) is 17.5 Å². The van der Waals surface area contributed by atoms with E-state index in [1.807, 2.05) is 0 Å². The van der Waals surface area contributed by atoms with E-state index in [9.17, 15) is 21.6 Å². The number of nitrogens with one attached hydrogen (secondary N) is 1. The van der Waals surface area contributed by atoms with Gasteiger partial charge >= 0.3 is 0 Å². The summed E-state index contributed by atoms with van der Waals surface area (Å²) in [5, 5.41) is 1.26. The molecule has 1 unspecified atom stereocenters. The quantitative estimate of drug-likeness (QED) is 0.827. The third-order valence-corrected chi connectivity index (χ3v) is 5.64. The highest BCUT2D eigenvalue weighted by Gasteiger charge is 2.34. The molecule has 23 heavy (non-hydrogen) atoms. The lowest BCUT2D eigenvalue weighted by Crippen LogP contribution is -2.27. The first-order chi connectivity index (χ1) is 10.8. The lowest BCUT2D eigenvalue weighted by molar-refractivity contribution is 0.471. The van der Waals surface area contributed by atoms with Crippen LogP contribution in [0.5, 0.6) is 0 Å². The Kier molecular flexibility index (Phi) is 5.33. The standard InChI is InChI=1S/C15H13ClF3NO2S/c1-20-8-13(14-11(17)6-7-12(18)15(14)19)23(21,22)10-4-2-9(16)3-5-10/h2-7,13,20H,8H2,1H3. The number of rotatable bonds is 5. The Bertz CT molecular complexity index is 810. The molecule has 0 aliphatic heterocycles. The Morgan fingerprint density at radius 3 is 2.17 bits per heavy atom. The van der Waals surface area contributed by atoms with Crippen LogP contribution in [0.15, 0.2) is 41.3 Å². The number of halogens is 4. The Balaban J connectivity index is 2.63. The fraction of sp³-hybridized carbons (Fsp3) is 0.200. The monoisotopic (exact) mass is 363 g/mol. The molecule has 0 saturated heterocycles. The Hall–Kier alpha value is -1.57. The second-order valence-corrected chi connectivity index (χ2v) is 7.37. The molecule has 0 spiro atoms. The van der Waals surface area contributed by atoms with E-state index >= 15 is 0 Å². The third-order valence-electron chi connectivity index (χ3n) is 3.31. The zero-order valence-electron chi connectivity index (χ0n) is 12.0. The van der Waals surface area contributed by atoms with E-state index in [-0.39, 0.29) is 11.4 Å². The van der Waals surface area contributed by atoms with Crippen LogP contribution >= 0.6 is 11.6 Å². The second-order valence-electron chi connectivity index (χ2n) is 4.80. The SMILES string of the molecule is CNCC(c1c(F)ccc(F)c1F)S(=O)(=O)c1ccc(Cl)cc1. The lowest BCUT2D eigenvalue weighted by Gasteiger charge is -2.19. The van der Waals surface area contributed by atoms with Crippen molar-refractivity contribution in [3.05, 3.63) is 64.4 Å². The summed E-state index contributed by atoms with van der Waals surface area (Å²) in [6, 6.07) is 6.48. The largest absolute Gasteiger partial charge is 0.318 e. The highest BCUT2D eigenvalue weighted by atomic mass is 35.5. The number of benzene rings is 2. The van der Waals surface area contributed by atoms with Crippen molar-refractivity contribution in [2.75, 3.05) is 13.6 Å². The molecular formula is C15H13ClF3NO2S. The summed E-state index contributed by atoms with van der Waals surface area (Å²) in [4.78, 5) is -0.162. The normalized spacial score (nSPS) is 13.1. The van der Waals surface area contributed by atoms with Crippen LogP contribution in [-0.2, 0) is 9.84 Å². The lowest BCUT2D eigenvalue weighted by atomic mass is 10.1. The molecule has 0 radical (unpaired) electrons. The van der Waals surface area contributed by atoms with Gasteiger partial charge in [0.2, 0.25) is 0 Å². The summed E-state index contributed by atoms with van der Waals surface area (Å²) < 4.78 is 66.9. The van der Waals surface area contributed by atoms with Crippen molar-refractivity contribution in [3.8, 4) is 0 Å². The minimum atomic E-state index is -4.16. The molecule has 0 fully saturated rings. The summed E-state index contributed by atoms with van der Waals surface area (Å²) in [5.74, 6) is -3.95. The van der Waals surface area contributed by atoms with Crippen LogP contribution in [0.3, 0.4) is 0 Å².